The first-order chi connectivity index (χ1) is 17.7. The monoisotopic (exact) mass is 506 g/mol. The Balaban J connectivity index is 1.50. The van der Waals surface area contributed by atoms with Crippen LogP contribution in [0.4, 0.5) is 10.5 Å². The summed E-state index contributed by atoms with van der Waals surface area (Å²) in [5, 5.41) is 3.04. The van der Waals surface area contributed by atoms with Crippen LogP contribution in [0.1, 0.15) is 63.8 Å². The van der Waals surface area contributed by atoms with Crippen LogP contribution in [0, 0.1) is 5.92 Å². The van der Waals surface area contributed by atoms with Crippen LogP contribution in [-0.4, -0.2) is 41.9 Å². The maximum Gasteiger partial charge on any atom is 0.411 e. The Morgan fingerprint density at radius 3 is 2.46 bits per heavy atom. The van der Waals surface area contributed by atoms with Gasteiger partial charge in [-0.1, -0.05) is 13.8 Å². The quantitative estimate of drug-likeness (QED) is 0.271. The van der Waals surface area contributed by atoms with Crippen molar-refractivity contribution in [3.8, 4) is 0 Å². The molecule has 0 atom stereocenters. The first-order valence-corrected chi connectivity index (χ1v) is 11.9. The molecule has 10 heteroatoms. The molecular weight excluding hydrogens is 480 g/mol. The van der Waals surface area contributed by atoms with Crippen LogP contribution in [-0.2, 0) is 16.1 Å². The number of hydrogen-bond donors (Lipinski definition) is 1. The molecule has 1 N–H and O–H groups in total. The molecule has 1 aliphatic heterocycles. The molecule has 0 saturated carbocycles. The van der Waals surface area contributed by atoms with Crippen molar-refractivity contribution < 1.29 is 33.1 Å². The molecule has 2 heterocycles. The average Bonchev–Trinajstić information content (AvgIpc) is 3.09. The van der Waals surface area contributed by atoms with Crippen molar-refractivity contribution in [1.82, 2.24) is 4.90 Å². The van der Waals surface area contributed by atoms with Gasteiger partial charge in [0.1, 0.15) is 12.2 Å². The van der Waals surface area contributed by atoms with Crippen LogP contribution in [0.15, 0.2) is 51.7 Å². The lowest BCUT2D eigenvalue weighted by molar-refractivity contribution is 0.0473. The number of rotatable bonds is 8. The third-order valence-corrected chi connectivity index (χ3v) is 5.85. The molecular formula is C27H26N2O8. The van der Waals surface area contributed by atoms with E-state index in [1.54, 1.807) is 19.1 Å². The smallest absolute Gasteiger partial charge is 0.411 e. The summed E-state index contributed by atoms with van der Waals surface area (Å²) < 4.78 is 15.5. The van der Waals surface area contributed by atoms with Crippen molar-refractivity contribution >= 4 is 40.5 Å². The largest absolute Gasteiger partial charge is 0.457 e. The minimum atomic E-state index is -0.717. The molecule has 0 unspecified atom stereocenters. The van der Waals surface area contributed by atoms with Crippen molar-refractivity contribution in [2.45, 2.75) is 33.8 Å². The second-order valence-corrected chi connectivity index (χ2v) is 8.93. The van der Waals surface area contributed by atoms with E-state index in [0.717, 1.165) is 0 Å². The van der Waals surface area contributed by atoms with Gasteiger partial charge in [-0.2, -0.15) is 0 Å². The topological polar surface area (TPSA) is 132 Å². The van der Waals surface area contributed by atoms with E-state index in [1.165, 1.54) is 35.2 Å². The van der Waals surface area contributed by atoms with Crippen molar-refractivity contribution in [3.05, 3.63) is 75.1 Å². The van der Waals surface area contributed by atoms with E-state index in [2.05, 4.69) is 5.32 Å². The highest BCUT2D eigenvalue weighted by Gasteiger charge is 2.35. The summed E-state index contributed by atoms with van der Waals surface area (Å²) in [5.74, 6) is -1.20. The van der Waals surface area contributed by atoms with Gasteiger partial charge in [0.05, 0.1) is 23.3 Å². The molecule has 0 spiro atoms. The van der Waals surface area contributed by atoms with E-state index < -0.39 is 23.6 Å². The number of hydrogen-bond acceptors (Lipinski definition) is 8. The van der Waals surface area contributed by atoms with Gasteiger partial charge in [0.2, 0.25) is 0 Å². The van der Waals surface area contributed by atoms with E-state index in [0.29, 0.717) is 35.5 Å². The fraction of sp³-hybridized carbons (Fsp3) is 0.296. The van der Waals surface area contributed by atoms with Gasteiger partial charge in [-0.3, -0.25) is 19.8 Å². The molecule has 1 aromatic heterocycles. The summed E-state index contributed by atoms with van der Waals surface area (Å²) in [6.07, 6.45) is 0.0339. The third kappa shape index (κ3) is 5.53. The van der Waals surface area contributed by atoms with Crippen LogP contribution >= 0.6 is 0 Å². The fourth-order valence-corrected chi connectivity index (χ4v) is 3.95. The second kappa shape index (κ2) is 10.7. The van der Waals surface area contributed by atoms with Crippen molar-refractivity contribution in [1.29, 1.82) is 0 Å². The standard InChI is InChI=1S/C27H26N2O8/c1-4-35-27(34)28-18-6-8-19-17(12-23(30)37-22(19)13-18)14-36-26(33)16-5-7-20-21(11-16)25(32)29(24(20)31)10-9-15(2)3/h5-8,11-13,15H,4,9-10,14H2,1-3H3,(H,28,34). The summed E-state index contributed by atoms with van der Waals surface area (Å²) in [7, 11) is 0. The number of benzene rings is 2. The van der Waals surface area contributed by atoms with Gasteiger partial charge in [-0.05, 0) is 49.6 Å². The van der Waals surface area contributed by atoms with E-state index in [1.807, 2.05) is 13.8 Å². The zero-order chi connectivity index (χ0) is 26.7. The molecule has 0 radical (unpaired) electrons. The first-order valence-electron chi connectivity index (χ1n) is 11.9. The summed E-state index contributed by atoms with van der Waals surface area (Å²) in [6, 6.07) is 10.1. The van der Waals surface area contributed by atoms with E-state index in [9.17, 15) is 24.0 Å². The number of esters is 1. The van der Waals surface area contributed by atoms with Gasteiger partial charge in [-0.15, -0.1) is 0 Å². The second-order valence-electron chi connectivity index (χ2n) is 8.93. The van der Waals surface area contributed by atoms with E-state index in [-0.39, 0.29) is 41.4 Å². The van der Waals surface area contributed by atoms with Gasteiger partial charge in [0.15, 0.2) is 0 Å². The SMILES string of the molecule is CCOC(=O)Nc1ccc2c(COC(=O)c3ccc4c(c3)C(=O)N(CCC(C)C)C4=O)cc(=O)oc2c1. The molecule has 0 bridgehead atoms. The van der Waals surface area contributed by atoms with Gasteiger partial charge in [0, 0.05) is 35.3 Å². The Morgan fingerprint density at radius 1 is 0.973 bits per heavy atom. The predicted molar refractivity (Wildman–Crippen MR) is 134 cm³/mol. The molecule has 10 nitrogen and oxygen atoms in total. The molecule has 3 aromatic rings. The van der Waals surface area contributed by atoms with Crippen molar-refractivity contribution in [2.75, 3.05) is 18.5 Å². The minimum Gasteiger partial charge on any atom is -0.457 e. The molecule has 0 saturated heterocycles. The Bertz CT molecular complexity index is 1460. The Labute approximate surface area is 212 Å². The number of nitrogens with one attached hydrogen (secondary N) is 1. The Hall–Kier alpha value is -4.47. The average molecular weight is 507 g/mol. The predicted octanol–water partition coefficient (Wildman–Crippen LogP) is 4.36. The lowest BCUT2D eigenvalue weighted by atomic mass is 10.1. The molecule has 3 amide bonds. The number of carbonyl (C=O) groups is 4. The molecule has 0 aliphatic carbocycles. The Morgan fingerprint density at radius 2 is 1.73 bits per heavy atom. The van der Waals surface area contributed by atoms with E-state index in [4.69, 9.17) is 13.9 Å². The van der Waals surface area contributed by atoms with Crippen molar-refractivity contribution in [3.63, 3.8) is 0 Å². The summed E-state index contributed by atoms with van der Waals surface area (Å²) >= 11 is 0. The molecule has 192 valence electrons. The third-order valence-electron chi connectivity index (χ3n) is 5.85. The molecule has 2 aromatic carbocycles. The highest BCUT2D eigenvalue weighted by molar-refractivity contribution is 6.22. The zero-order valence-corrected chi connectivity index (χ0v) is 20.7. The van der Waals surface area contributed by atoms with Crippen LogP contribution in [0.5, 0.6) is 0 Å². The molecule has 37 heavy (non-hydrogen) atoms. The van der Waals surface area contributed by atoms with Gasteiger partial charge in [0.25, 0.3) is 11.8 Å². The van der Waals surface area contributed by atoms with Crippen LogP contribution in [0.25, 0.3) is 11.0 Å². The van der Waals surface area contributed by atoms with Crippen LogP contribution in [0.3, 0.4) is 0 Å². The number of anilines is 1. The van der Waals surface area contributed by atoms with Crippen LogP contribution in [0.2, 0.25) is 0 Å². The Kier molecular flexibility index (Phi) is 7.37. The van der Waals surface area contributed by atoms with Crippen molar-refractivity contribution in [2.24, 2.45) is 5.92 Å². The summed E-state index contributed by atoms with van der Waals surface area (Å²) in [6.45, 7) is 5.96. The molecule has 0 fully saturated rings. The van der Waals surface area contributed by atoms with E-state index >= 15 is 0 Å². The van der Waals surface area contributed by atoms with Gasteiger partial charge in [-0.25, -0.2) is 14.4 Å². The first kappa shape index (κ1) is 25.6. The maximum absolute atomic E-state index is 12.8. The molecule has 1 aliphatic rings. The van der Waals surface area contributed by atoms with Gasteiger partial charge < -0.3 is 13.9 Å². The maximum atomic E-state index is 12.8. The highest BCUT2D eigenvalue weighted by Crippen LogP contribution is 2.26. The number of fused-ring (bicyclic) bond motifs is 2. The minimum absolute atomic E-state index is 0.110. The number of ether oxygens (including phenoxy) is 2. The zero-order valence-electron chi connectivity index (χ0n) is 20.7. The van der Waals surface area contributed by atoms with Gasteiger partial charge >= 0.3 is 17.7 Å². The summed E-state index contributed by atoms with van der Waals surface area (Å²) in [5.41, 5.74) is 0.821. The van der Waals surface area contributed by atoms with Crippen LogP contribution < -0.4 is 10.9 Å². The number of nitrogens with zero attached hydrogens (tertiary/aromatic N) is 1. The highest BCUT2D eigenvalue weighted by atomic mass is 16.5. The number of carbonyl (C=O) groups excluding carboxylic acids is 4. The fourth-order valence-electron chi connectivity index (χ4n) is 3.95. The lowest BCUT2D eigenvalue weighted by Crippen LogP contribution is -2.31. The normalized spacial score (nSPS) is 12.7. The number of amides is 3. The summed E-state index contributed by atoms with van der Waals surface area (Å²) in [4.78, 5) is 63.1. The number of imide groups is 1. The molecule has 4 rings (SSSR count). The lowest BCUT2D eigenvalue weighted by Gasteiger charge is -2.14.